The van der Waals surface area contributed by atoms with Gasteiger partial charge in [-0.05, 0) is 46.5 Å². The number of anilines is 2. The van der Waals surface area contributed by atoms with E-state index in [-0.39, 0.29) is 5.91 Å². The van der Waals surface area contributed by atoms with Gasteiger partial charge in [-0.25, -0.2) is 0 Å². The van der Waals surface area contributed by atoms with Crippen molar-refractivity contribution in [3.63, 3.8) is 0 Å². The highest BCUT2D eigenvalue weighted by molar-refractivity contribution is 5.92. The molecule has 3 nitrogen and oxygen atoms in total. The van der Waals surface area contributed by atoms with Crippen molar-refractivity contribution in [1.29, 1.82) is 0 Å². The van der Waals surface area contributed by atoms with Crippen LogP contribution in [0.1, 0.15) is 6.92 Å². The molecule has 3 aromatic rings. The molecular weight excluding hydrogens is 308 g/mol. The first-order valence-electron chi connectivity index (χ1n) is 8.29. The van der Waals surface area contributed by atoms with Crippen LogP contribution in [0.4, 0.5) is 11.4 Å². The van der Waals surface area contributed by atoms with Gasteiger partial charge < -0.3 is 10.2 Å². The number of nitrogens with one attached hydrogen (secondary N) is 1. The molecule has 0 fully saturated rings. The standard InChI is InChI=1S/C22H22N2O/c1-16(25)23-19-11-14-21(17-7-5-4-6-8-17)22(15-19)18-9-12-20(13-10-18)24(2)3/h4-15H,1-3H3,(H,23,25). The Morgan fingerprint density at radius 3 is 2.04 bits per heavy atom. The SMILES string of the molecule is CC(=O)Nc1ccc(-c2ccccc2)c(-c2ccc(N(C)C)cc2)c1. The van der Waals surface area contributed by atoms with Gasteiger partial charge in [-0.1, -0.05) is 48.5 Å². The molecule has 25 heavy (non-hydrogen) atoms. The topological polar surface area (TPSA) is 32.3 Å². The third-order valence-electron chi connectivity index (χ3n) is 4.12. The van der Waals surface area contributed by atoms with Crippen LogP contribution in [-0.2, 0) is 4.79 Å². The van der Waals surface area contributed by atoms with Gasteiger partial charge in [0.05, 0.1) is 0 Å². The lowest BCUT2D eigenvalue weighted by molar-refractivity contribution is -0.114. The number of nitrogens with zero attached hydrogens (tertiary/aromatic N) is 1. The van der Waals surface area contributed by atoms with E-state index in [0.29, 0.717) is 0 Å². The molecule has 0 aliphatic rings. The quantitative estimate of drug-likeness (QED) is 0.726. The lowest BCUT2D eigenvalue weighted by Crippen LogP contribution is -2.08. The molecule has 0 atom stereocenters. The van der Waals surface area contributed by atoms with Gasteiger partial charge in [-0.2, -0.15) is 0 Å². The van der Waals surface area contributed by atoms with E-state index in [1.54, 1.807) is 0 Å². The van der Waals surface area contributed by atoms with Crippen molar-refractivity contribution in [1.82, 2.24) is 0 Å². The normalized spacial score (nSPS) is 10.4. The van der Waals surface area contributed by atoms with Crippen LogP contribution >= 0.6 is 0 Å². The monoisotopic (exact) mass is 330 g/mol. The fourth-order valence-electron chi connectivity index (χ4n) is 2.87. The van der Waals surface area contributed by atoms with Crippen LogP contribution in [0.3, 0.4) is 0 Å². The molecule has 0 heterocycles. The first kappa shape index (κ1) is 16.8. The fraction of sp³-hybridized carbons (Fsp3) is 0.136. The summed E-state index contributed by atoms with van der Waals surface area (Å²) in [5, 5.41) is 2.88. The molecule has 3 rings (SSSR count). The van der Waals surface area contributed by atoms with Crippen LogP contribution in [0.2, 0.25) is 0 Å². The van der Waals surface area contributed by atoms with Gasteiger partial charge in [-0.15, -0.1) is 0 Å². The molecule has 3 aromatic carbocycles. The molecule has 0 bridgehead atoms. The Kier molecular flexibility index (Phi) is 4.85. The third kappa shape index (κ3) is 3.89. The van der Waals surface area contributed by atoms with Gasteiger partial charge in [0.25, 0.3) is 0 Å². The Hall–Kier alpha value is -3.07. The minimum Gasteiger partial charge on any atom is -0.378 e. The number of hydrogen-bond donors (Lipinski definition) is 1. The van der Waals surface area contributed by atoms with Gasteiger partial charge in [0.1, 0.15) is 0 Å². The summed E-state index contributed by atoms with van der Waals surface area (Å²) < 4.78 is 0. The van der Waals surface area contributed by atoms with Crippen LogP contribution in [-0.4, -0.2) is 20.0 Å². The van der Waals surface area contributed by atoms with Crippen molar-refractivity contribution in [3.8, 4) is 22.3 Å². The Bertz CT molecular complexity index is 868. The molecule has 3 heteroatoms. The summed E-state index contributed by atoms with van der Waals surface area (Å²) in [6.07, 6.45) is 0. The molecule has 0 saturated heterocycles. The predicted octanol–water partition coefficient (Wildman–Crippen LogP) is 5.05. The van der Waals surface area contributed by atoms with Crippen LogP contribution in [0.25, 0.3) is 22.3 Å². The molecular formula is C22H22N2O. The molecule has 1 N–H and O–H groups in total. The highest BCUT2D eigenvalue weighted by Gasteiger charge is 2.10. The number of rotatable bonds is 4. The Morgan fingerprint density at radius 2 is 1.44 bits per heavy atom. The maximum Gasteiger partial charge on any atom is 0.221 e. The number of carbonyl (C=O) groups is 1. The average Bonchev–Trinajstić information content (AvgIpc) is 2.62. The van der Waals surface area contributed by atoms with E-state index in [0.717, 1.165) is 33.6 Å². The van der Waals surface area contributed by atoms with Crippen molar-refractivity contribution < 1.29 is 4.79 Å². The Morgan fingerprint density at radius 1 is 0.800 bits per heavy atom. The summed E-state index contributed by atoms with van der Waals surface area (Å²) in [5.41, 5.74) is 6.48. The molecule has 0 unspecified atom stereocenters. The molecule has 0 spiro atoms. The smallest absolute Gasteiger partial charge is 0.221 e. The van der Waals surface area contributed by atoms with E-state index in [9.17, 15) is 4.79 Å². The maximum atomic E-state index is 11.4. The van der Waals surface area contributed by atoms with Gasteiger partial charge in [0.15, 0.2) is 0 Å². The number of hydrogen-bond acceptors (Lipinski definition) is 2. The van der Waals surface area contributed by atoms with Crippen LogP contribution in [0.15, 0.2) is 72.8 Å². The third-order valence-corrected chi connectivity index (χ3v) is 4.12. The van der Waals surface area contributed by atoms with E-state index >= 15 is 0 Å². The first-order valence-corrected chi connectivity index (χ1v) is 8.29. The first-order chi connectivity index (χ1) is 12.0. The minimum atomic E-state index is -0.0682. The summed E-state index contributed by atoms with van der Waals surface area (Å²) in [6.45, 7) is 1.52. The van der Waals surface area contributed by atoms with Crippen molar-refractivity contribution in [2.75, 3.05) is 24.3 Å². The van der Waals surface area contributed by atoms with E-state index < -0.39 is 0 Å². The van der Waals surface area contributed by atoms with Crippen LogP contribution < -0.4 is 10.2 Å². The number of amides is 1. The number of benzene rings is 3. The second-order valence-corrected chi connectivity index (χ2v) is 6.25. The van der Waals surface area contributed by atoms with Crippen molar-refractivity contribution in [3.05, 3.63) is 72.8 Å². The molecule has 1 amide bonds. The molecule has 0 aliphatic heterocycles. The zero-order valence-corrected chi connectivity index (χ0v) is 14.8. The van der Waals surface area contributed by atoms with Gasteiger partial charge >= 0.3 is 0 Å². The Labute approximate surface area is 148 Å². The maximum absolute atomic E-state index is 11.4. The lowest BCUT2D eigenvalue weighted by atomic mass is 9.94. The molecule has 0 radical (unpaired) electrons. The fourth-order valence-corrected chi connectivity index (χ4v) is 2.87. The number of carbonyl (C=O) groups excluding carboxylic acids is 1. The zero-order valence-electron chi connectivity index (χ0n) is 14.8. The highest BCUT2D eigenvalue weighted by Crippen LogP contribution is 2.35. The van der Waals surface area contributed by atoms with Gasteiger partial charge in [-0.3, -0.25) is 4.79 Å². The van der Waals surface area contributed by atoms with E-state index in [1.807, 2.05) is 44.4 Å². The summed E-state index contributed by atoms with van der Waals surface area (Å²) in [7, 11) is 4.06. The van der Waals surface area contributed by atoms with Crippen LogP contribution in [0, 0.1) is 0 Å². The second kappa shape index (κ2) is 7.22. The zero-order chi connectivity index (χ0) is 17.8. The largest absolute Gasteiger partial charge is 0.378 e. The van der Waals surface area contributed by atoms with Crippen LogP contribution in [0.5, 0.6) is 0 Å². The highest BCUT2D eigenvalue weighted by atomic mass is 16.1. The van der Waals surface area contributed by atoms with E-state index in [1.165, 1.54) is 6.92 Å². The van der Waals surface area contributed by atoms with Crippen molar-refractivity contribution in [2.45, 2.75) is 6.92 Å². The van der Waals surface area contributed by atoms with E-state index in [4.69, 9.17) is 0 Å². The van der Waals surface area contributed by atoms with Crippen molar-refractivity contribution in [2.24, 2.45) is 0 Å². The summed E-state index contributed by atoms with van der Waals surface area (Å²) in [4.78, 5) is 13.5. The summed E-state index contributed by atoms with van der Waals surface area (Å²) in [6, 6.07) is 24.8. The second-order valence-electron chi connectivity index (χ2n) is 6.25. The Balaban J connectivity index is 2.11. The lowest BCUT2D eigenvalue weighted by Gasteiger charge is -2.15. The van der Waals surface area contributed by atoms with Gasteiger partial charge in [0, 0.05) is 32.4 Å². The van der Waals surface area contributed by atoms with E-state index in [2.05, 4.69) is 52.7 Å². The molecule has 0 saturated carbocycles. The molecule has 0 aliphatic carbocycles. The molecule has 0 aromatic heterocycles. The van der Waals surface area contributed by atoms with Gasteiger partial charge in [0.2, 0.25) is 5.91 Å². The van der Waals surface area contributed by atoms with Crippen molar-refractivity contribution >= 4 is 17.3 Å². The molecule has 126 valence electrons. The summed E-state index contributed by atoms with van der Waals surface area (Å²) >= 11 is 0. The minimum absolute atomic E-state index is 0.0682. The summed E-state index contributed by atoms with van der Waals surface area (Å²) in [5.74, 6) is -0.0682. The average molecular weight is 330 g/mol. The predicted molar refractivity (Wildman–Crippen MR) is 106 cm³/mol.